The van der Waals surface area contributed by atoms with E-state index in [9.17, 15) is 18.0 Å². The maximum atomic E-state index is 11.8. The fourth-order valence-electron chi connectivity index (χ4n) is 3.23. The van der Waals surface area contributed by atoms with E-state index in [0.717, 1.165) is 16.7 Å². The third kappa shape index (κ3) is 4.67. The Hall–Kier alpha value is -3.09. The molecular weight excluding hydrogens is 388 g/mol. The van der Waals surface area contributed by atoms with Crippen molar-refractivity contribution in [1.82, 2.24) is 0 Å². The molecule has 5 nitrogen and oxygen atoms in total. The molecular formula is C23H20O5S. The average Bonchev–Trinajstić information content (AvgIpc) is 2.72. The molecule has 1 saturated carbocycles. The summed E-state index contributed by atoms with van der Waals surface area (Å²) in [6, 6.07) is 25.0. The highest BCUT2D eigenvalue weighted by molar-refractivity contribution is 7.85. The first-order valence-electron chi connectivity index (χ1n) is 9.01. The Morgan fingerprint density at radius 2 is 1.03 bits per heavy atom. The van der Waals surface area contributed by atoms with E-state index in [1.165, 1.54) is 12.1 Å². The lowest BCUT2D eigenvalue weighted by Crippen LogP contribution is -2.44. The van der Waals surface area contributed by atoms with Crippen LogP contribution in [0.25, 0.3) is 0 Å². The van der Waals surface area contributed by atoms with E-state index in [4.69, 9.17) is 4.55 Å². The molecule has 3 aromatic carbocycles. The van der Waals surface area contributed by atoms with Crippen LogP contribution in [0.4, 0.5) is 0 Å². The van der Waals surface area contributed by atoms with Crippen molar-refractivity contribution >= 4 is 21.7 Å². The van der Waals surface area contributed by atoms with E-state index < -0.39 is 10.1 Å². The second kappa shape index (κ2) is 8.51. The molecule has 6 heteroatoms. The fourth-order valence-corrected chi connectivity index (χ4v) is 3.71. The monoisotopic (exact) mass is 408 g/mol. The summed E-state index contributed by atoms with van der Waals surface area (Å²) in [6.07, 6.45) is 0. The number of aryl methyl sites for hydroxylation is 1. The Kier molecular flexibility index (Phi) is 6.06. The van der Waals surface area contributed by atoms with Gasteiger partial charge in [-0.2, -0.15) is 8.42 Å². The summed E-state index contributed by atoms with van der Waals surface area (Å²) in [5, 5.41) is 0. The molecule has 0 heterocycles. The number of carbonyl (C=O) groups excluding carboxylic acids is 2. The number of carbonyl (C=O) groups is 2. The zero-order valence-corrected chi connectivity index (χ0v) is 16.5. The number of benzene rings is 3. The third-order valence-electron chi connectivity index (χ3n) is 4.78. The van der Waals surface area contributed by atoms with Crippen molar-refractivity contribution in [3.05, 3.63) is 102 Å². The maximum absolute atomic E-state index is 11.8. The summed E-state index contributed by atoms with van der Waals surface area (Å²) in [7, 11) is -4.02. The number of hydrogen-bond acceptors (Lipinski definition) is 4. The summed E-state index contributed by atoms with van der Waals surface area (Å²) < 4.78 is 29.6. The average molecular weight is 408 g/mol. The molecule has 0 aromatic heterocycles. The van der Waals surface area contributed by atoms with Gasteiger partial charge in [-0.3, -0.25) is 14.1 Å². The third-order valence-corrected chi connectivity index (χ3v) is 5.65. The zero-order valence-electron chi connectivity index (χ0n) is 15.7. The standard InChI is InChI=1S/C16H12O2.C7H8O3S/c17-15-13(11-7-3-1-4-8-11)14(16(15)18)12-9-5-2-6-10-12;1-6-2-4-7(5-3-6)11(8,9)10/h1-10,13-14H;2-5H,1H3,(H,8,9,10). The minimum atomic E-state index is -4.02. The van der Waals surface area contributed by atoms with Gasteiger partial charge in [-0.15, -0.1) is 0 Å². The van der Waals surface area contributed by atoms with Gasteiger partial charge in [-0.05, 0) is 30.2 Å². The maximum Gasteiger partial charge on any atom is 0.294 e. The minimum absolute atomic E-state index is 0.0666. The Morgan fingerprint density at radius 3 is 1.38 bits per heavy atom. The molecule has 0 aliphatic heterocycles. The Morgan fingerprint density at radius 1 is 0.655 bits per heavy atom. The molecule has 148 valence electrons. The zero-order chi connectivity index (χ0) is 21.0. The van der Waals surface area contributed by atoms with Crippen molar-refractivity contribution in [2.45, 2.75) is 23.7 Å². The number of rotatable bonds is 3. The minimum Gasteiger partial charge on any atom is -0.290 e. The summed E-state index contributed by atoms with van der Waals surface area (Å²) >= 11 is 0. The molecule has 0 amide bonds. The van der Waals surface area contributed by atoms with Crippen molar-refractivity contribution in [2.24, 2.45) is 0 Å². The molecule has 1 aliphatic rings. The first-order valence-corrected chi connectivity index (χ1v) is 10.4. The highest BCUT2D eigenvalue weighted by Crippen LogP contribution is 2.43. The van der Waals surface area contributed by atoms with Crippen LogP contribution in [0.1, 0.15) is 28.5 Å². The van der Waals surface area contributed by atoms with Gasteiger partial charge >= 0.3 is 0 Å². The molecule has 0 saturated heterocycles. The molecule has 1 N–H and O–H groups in total. The van der Waals surface area contributed by atoms with Gasteiger partial charge in [0.05, 0.1) is 16.7 Å². The van der Waals surface area contributed by atoms with Gasteiger partial charge < -0.3 is 0 Å². The van der Waals surface area contributed by atoms with Crippen LogP contribution in [-0.2, 0) is 19.7 Å². The van der Waals surface area contributed by atoms with Gasteiger partial charge in [-0.25, -0.2) is 0 Å². The normalized spacial score (nSPS) is 18.4. The van der Waals surface area contributed by atoms with Gasteiger partial charge in [0, 0.05) is 0 Å². The van der Waals surface area contributed by atoms with Crippen LogP contribution in [0.2, 0.25) is 0 Å². The second-order valence-corrected chi connectivity index (χ2v) is 8.21. The predicted molar refractivity (Wildman–Crippen MR) is 109 cm³/mol. The molecule has 1 fully saturated rings. The molecule has 0 spiro atoms. The molecule has 0 bridgehead atoms. The Labute approximate surface area is 169 Å². The van der Waals surface area contributed by atoms with E-state index in [-0.39, 0.29) is 28.3 Å². The van der Waals surface area contributed by atoms with Crippen molar-refractivity contribution in [2.75, 3.05) is 0 Å². The molecule has 2 unspecified atom stereocenters. The van der Waals surface area contributed by atoms with Crippen LogP contribution in [0.15, 0.2) is 89.8 Å². The highest BCUT2D eigenvalue weighted by Gasteiger charge is 2.50. The van der Waals surface area contributed by atoms with Gasteiger partial charge in [0.15, 0.2) is 0 Å². The molecule has 29 heavy (non-hydrogen) atoms. The molecule has 3 aromatic rings. The Bertz CT molecular complexity index is 1050. The quantitative estimate of drug-likeness (QED) is 0.524. The molecule has 2 atom stereocenters. The summed E-state index contributed by atoms with van der Waals surface area (Å²) in [4.78, 5) is 23.5. The van der Waals surface area contributed by atoms with Crippen molar-refractivity contribution < 1.29 is 22.6 Å². The van der Waals surface area contributed by atoms with E-state index in [2.05, 4.69) is 0 Å². The van der Waals surface area contributed by atoms with Crippen molar-refractivity contribution in [3.8, 4) is 0 Å². The Balaban J connectivity index is 0.000000188. The fraction of sp³-hybridized carbons (Fsp3) is 0.130. The van der Waals surface area contributed by atoms with Crippen LogP contribution < -0.4 is 0 Å². The second-order valence-electron chi connectivity index (χ2n) is 6.79. The van der Waals surface area contributed by atoms with E-state index in [0.29, 0.717) is 0 Å². The van der Waals surface area contributed by atoms with Crippen molar-refractivity contribution in [3.63, 3.8) is 0 Å². The van der Waals surface area contributed by atoms with Gasteiger partial charge in [0.1, 0.15) is 0 Å². The lowest BCUT2D eigenvalue weighted by Gasteiger charge is -2.33. The van der Waals surface area contributed by atoms with Crippen LogP contribution in [0.3, 0.4) is 0 Å². The highest BCUT2D eigenvalue weighted by atomic mass is 32.2. The van der Waals surface area contributed by atoms with Crippen LogP contribution in [0.5, 0.6) is 0 Å². The molecule has 1 aliphatic carbocycles. The number of Topliss-reactive ketones (excluding diaryl/α,β-unsaturated/α-hetero) is 2. The first kappa shape index (κ1) is 20.6. The SMILES string of the molecule is Cc1ccc(S(=O)(=O)O)cc1.O=C1C(=O)C(c2ccccc2)C1c1ccccc1. The number of hydrogen-bond donors (Lipinski definition) is 1. The predicted octanol–water partition coefficient (Wildman–Crippen LogP) is 3.95. The summed E-state index contributed by atoms with van der Waals surface area (Å²) in [6.45, 7) is 1.84. The van der Waals surface area contributed by atoms with Crippen LogP contribution >= 0.6 is 0 Å². The number of ketones is 2. The van der Waals surface area contributed by atoms with Gasteiger partial charge in [0.2, 0.25) is 11.6 Å². The van der Waals surface area contributed by atoms with Gasteiger partial charge in [0.25, 0.3) is 10.1 Å². The largest absolute Gasteiger partial charge is 0.294 e. The van der Waals surface area contributed by atoms with E-state index >= 15 is 0 Å². The van der Waals surface area contributed by atoms with Crippen LogP contribution in [-0.4, -0.2) is 24.5 Å². The lowest BCUT2D eigenvalue weighted by atomic mass is 9.65. The topological polar surface area (TPSA) is 88.5 Å². The van der Waals surface area contributed by atoms with Gasteiger partial charge in [-0.1, -0.05) is 78.4 Å². The summed E-state index contributed by atoms with van der Waals surface area (Å²) in [5.74, 6) is -1.15. The van der Waals surface area contributed by atoms with E-state index in [1.807, 2.05) is 67.6 Å². The lowest BCUT2D eigenvalue weighted by molar-refractivity contribution is -0.146. The molecule has 4 rings (SSSR count). The molecule has 0 radical (unpaired) electrons. The summed E-state index contributed by atoms with van der Waals surface area (Å²) in [5.41, 5.74) is 2.81. The van der Waals surface area contributed by atoms with Crippen LogP contribution in [0, 0.1) is 6.92 Å². The van der Waals surface area contributed by atoms with Crippen molar-refractivity contribution in [1.29, 1.82) is 0 Å². The smallest absolute Gasteiger partial charge is 0.290 e. The first-order chi connectivity index (χ1) is 13.8. The van der Waals surface area contributed by atoms with E-state index in [1.54, 1.807) is 12.1 Å².